The largest absolute Gasteiger partial charge is 0.493 e. The van der Waals surface area contributed by atoms with Crippen molar-refractivity contribution in [2.45, 2.75) is 0 Å². The van der Waals surface area contributed by atoms with Crippen LogP contribution in [0.2, 0.25) is 5.02 Å². The highest BCUT2D eigenvalue weighted by molar-refractivity contribution is 6.33. The fraction of sp³-hybridized carbons (Fsp3) is 0.0667. The Bertz CT molecular complexity index is 790. The predicted molar refractivity (Wildman–Crippen MR) is 81.4 cm³/mol. The molecule has 118 valence electrons. The molecule has 0 N–H and O–H groups in total. The quantitative estimate of drug-likeness (QED) is 0.273. The number of carbonyl (C=O) groups is 2. The lowest BCUT2D eigenvalue weighted by Crippen LogP contribution is -2.11. The molecule has 0 saturated carbocycles. The zero-order valence-electron chi connectivity index (χ0n) is 11.8. The third-order valence-electron chi connectivity index (χ3n) is 2.93. The van der Waals surface area contributed by atoms with Crippen LogP contribution in [0.4, 0.5) is 5.69 Å². The number of benzene rings is 2. The molecular weight excluding hydrogens is 326 g/mol. The number of esters is 1. The molecule has 0 unspecified atom stereocenters. The van der Waals surface area contributed by atoms with Crippen molar-refractivity contribution in [2.75, 3.05) is 7.11 Å². The van der Waals surface area contributed by atoms with E-state index < -0.39 is 10.9 Å². The summed E-state index contributed by atoms with van der Waals surface area (Å²) in [5.41, 5.74) is -0.201. The van der Waals surface area contributed by atoms with Crippen LogP contribution in [0.1, 0.15) is 20.7 Å². The van der Waals surface area contributed by atoms with Crippen molar-refractivity contribution in [1.82, 2.24) is 0 Å². The summed E-state index contributed by atoms with van der Waals surface area (Å²) < 4.78 is 10.2. The second kappa shape index (κ2) is 6.89. The van der Waals surface area contributed by atoms with Gasteiger partial charge in [-0.3, -0.25) is 14.9 Å². The third-order valence-corrected chi connectivity index (χ3v) is 3.25. The number of methoxy groups -OCH3 is 1. The number of halogens is 1. The first kappa shape index (κ1) is 16.4. The van der Waals surface area contributed by atoms with Crippen molar-refractivity contribution >= 4 is 29.5 Å². The summed E-state index contributed by atoms with van der Waals surface area (Å²) in [7, 11) is 1.36. The summed E-state index contributed by atoms with van der Waals surface area (Å²) in [6.45, 7) is 0. The maximum atomic E-state index is 12.2. The molecule has 0 heterocycles. The number of nitro benzene ring substituents is 1. The molecule has 0 radical (unpaired) electrons. The number of non-ortho nitro benzene ring substituents is 1. The highest BCUT2D eigenvalue weighted by atomic mass is 35.5. The van der Waals surface area contributed by atoms with Crippen LogP contribution in [0.25, 0.3) is 0 Å². The Morgan fingerprint density at radius 3 is 2.61 bits per heavy atom. The van der Waals surface area contributed by atoms with E-state index in [0.717, 1.165) is 12.1 Å². The molecule has 0 spiro atoms. The zero-order chi connectivity index (χ0) is 17.0. The third kappa shape index (κ3) is 3.46. The van der Waals surface area contributed by atoms with Crippen LogP contribution in [0.5, 0.6) is 11.5 Å². The molecule has 0 saturated heterocycles. The van der Waals surface area contributed by atoms with Crippen molar-refractivity contribution in [2.24, 2.45) is 0 Å². The second-order valence-electron chi connectivity index (χ2n) is 4.31. The van der Waals surface area contributed by atoms with E-state index >= 15 is 0 Å². The Kier molecular flexibility index (Phi) is 4.92. The number of carbonyl (C=O) groups excluding carboxylic acids is 2. The number of nitrogens with zero attached hydrogens (tertiary/aromatic N) is 1. The molecular formula is C15H10ClNO6. The molecule has 8 heteroatoms. The Balaban J connectivity index is 2.37. The van der Waals surface area contributed by atoms with Gasteiger partial charge in [0.2, 0.25) is 0 Å². The molecule has 2 aromatic carbocycles. The van der Waals surface area contributed by atoms with E-state index in [1.165, 1.54) is 25.3 Å². The Labute approximate surface area is 135 Å². The lowest BCUT2D eigenvalue weighted by Gasteiger charge is -2.11. The van der Waals surface area contributed by atoms with Crippen molar-refractivity contribution in [1.29, 1.82) is 0 Å². The summed E-state index contributed by atoms with van der Waals surface area (Å²) >= 11 is 5.88. The van der Waals surface area contributed by atoms with Crippen molar-refractivity contribution < 1.29 is 24.0 Å². The van der Waals surface area contributed by atoms with Crippen LogP contribution >= 0.6 is 11.6 Å². The summed E-state index contributed by atoms with van der Waals surface area (Å²) in [4.78, 5) is 33.3. The molecule has 0 fully saturated rings. The number of ether oxygens (including phenoxy) is 2. The average molecular weight is 336 g/mol. The molecule has 2 aromatic rings. The second-order valence-corrected chi connectivity index (χ2v) is 4.71. The van der Waals surface area contributed by atoms with Gasteiger partial charge in [-0.2, -0.15) is 0 Å². The normalized spacial score (nSPS) is 10.0. The molecule has 0 aliphatic carbocycles. The van der Waals surface area contributed by atoms with E-state index in [2.05, 4.69) is 0 Å². The molecule has 0 atom stereocenters. The number of nitro groups is 1. The highest BCUT2D eigenvalue weighted by Gasteiger charge is 2.20. The monoisotopic (exact) mass is 335 g/mol. The molecule has 0 aliphatic rings. The van der Waals surface area contributed by atoms with Gasteiger partial charge in [-0.1, -0.05) is 17.7 Å². The molecule has 0 aromatic heterocycles. The van der Waals surface area contributed by atoms with Gasteiger partial charge in [-0.05, 0) is 18.2 Å². The first-order valence-corrected chi connectivity index (χ1v) is 6.64. The van der Waals surface area contributed by atoms with E-state index in [0.29, 0.717) is 6.29 Å². The van der Waals surface area contributed by atoms with E-state index in [1.807, 2.05) is 0 Å². The van der Waals surface area contributed by atoms with Gasteiger partial charge in [-0.25, -0.2) is 4.79 Å². The van der Waals surface area contributed by atoms with Gasteiger partial charge in [0.1, 0.15) is 0 Å². The SMILES string of the molecule is COc1cccc(C=O)c1OC(=O)c1ccc([N+](=O)[O-])cc1Cl. The topological polar surface area (TPSA) is 95.7 Å². The van der Waals surface area contributed by atoms with Crippen LogP contribution in [0.3, 0.4) is 0 Å². The molecule has 7 nitrogen and oxygen atoms in total. The van der Waals surface area contributed by atoms with Crippen molar-refractivity contribution in [3.8, 4) is 11.5 Å². The molecule has 0 amide bonds. The minimum Gasteiger partial charge on any atom is -0.493 e. The number of hydrogen-bond acceptors (Lipinski definition) is 6. The lowest BCUT2D eigenvalue weighted by atomic mass is 10.2. The van der Waals surface area contributed by atoms with E-state index in [9.17, 15) is 19.7 Å². The lowest BCUT2D eigenvalue weighted by molar-refractivity contribution is -0.384. The Hall–Kier alpha value is -2.93. The summed E-state index contributed by atoms with van der Waals surface area (Å²) in [5, 5.41) is 10.5. The van der Waals surface area contributed by atoms with Gasteiger partial charge < -0.3 is 9.47 Å². The van der Waals surface area contributed by atoms with Gasteiger partial charge in [0, 0.05) is 12.1 Å². The van der Waals surface area contributed by atoms with Gasteiger partial charge >= 0.3 is 5.97 Å². The van der Waals surface area contributed by atoms with Gasteiger partial charge in [0.05, 0.1) is 28.2 Å². The zero-order valence-corrected chi connectivity index (χ0v) is 12.6. The van der Waals surface area contributed by atoms with E-state index in [4.69, 9.17) is 21.1 Å². The first-order chi connectivity index (χ1) is 11.0. The number of para-hydroxylation sites is 1. The predicted octanol–water partition coefficient (Wildman–Crippen LogP) is 3.29. The van der Waals surface area contributed by atoms with E-state index in [-0.39, 0.29) is 33.3 Å². The number of aldehydes is 1. The Morgan fingerprint density at radius 1 is 1.30 bits per heavy atom. The summed E-state index contributed by atoms with van der Waals surface area (Å²) in [6, 6.07) is 7.90. The van der Waals surface area contributed by atoms with E-state index in [1.54, 1.807) is 6.07 Å². The molecule has 0 bridgehead atoms. The fourth-order valence-corrected chi connectivity index (χ4v) is 2.08. The van der Waals surface area contributed by atoms with Gasteiger partial charge in [0.15, 0.2) is 17.8 Å². The minimum atomic E-state index is -0.863. The average Bonchev–Trinajstić information content (AvgIpc) is 2.54. The standard InChI is InChI=1S/C15H10ClNO6/c1-22-13-4-2-3-9(8-18)14(13)23-15(19)11-6-5-10(17(20)21)7-12(11)16/h2-8H,1H3. The number of hydrogen-bond donors (Lipinski definition) is 0. The Morgan fingerprint density at radius 2 is 2.04 bits per heavy atom. The molecule has 0 aliphatic heterocycles. The number of rotatable bonds is 5. The smallest absolute Gasteiger partial charge is 0.345 e. The maximum Gasteiger partial charge on any atom is 0.345 e. The minimum absolute atomic E-state index is 0.0515. The fourth-order valence-electron chi connectivity index (χ4n) is 1.83. The van der Waals surface area contributed by atoms with Gasteiger partial charge in [0.25, 0.3) is 5.69 Å². The maximum absolute atomic E-state index is 12.2. The van der Waals surface area contributed by atoms with Crippen molar-refractivity contribution in [3.63, 3.8) is 0 Å². The summed E-state index contributed by atoms with van der Waals surface area (Å²) in [6.07, 6.45) is 0.516. The van der Waals surface area contributed by atoms with Crippen LogP contribution < -0.4 is 9.47 Å². The van der Waals surface area contributed by atoms with Crippen LogP contribution in [-0.2, 0) is 0 Å². The van der Waals surface area contributed by atoms with Gasteiger partial charge in [-0.15, -0.1) is 0 Å². The van der Waals surface area contributed by atoms with Crippen LogP contribution in [0, 0.1) is 10.1 Å². The highest BCUT2D eigenvalue weighted by Crippen LogP contribution is 2.32. The van der Waals surface area contributed by atoms with Crippen LogP contribution in [0.15, 0.2) is 36.4 Å². The summed E-state index contributed by atoms with van der Waals surface area (Å²) in [5.74, 6) is -0.720. The molecule has 2 rings (SSSR count). The molecule has 23 heavy (non-hydrogen) atoms. The first-order valence-electron chi connectivity index (χ1n) is 6.26. The van der Waals surface area contributed by atoms with Crippen molar-refractivity contribution in [3.05, 3.63) is 62.7 Å². The van der Waals surface area contributed by atoms with Crippen LogP contribution in [-0.4, -0.2) is 24.3 Å².